The zero-order chi connectivity index (χ0) is 23.5. The van der Waals surface area contributed by atoms with Gasteiger partial charge in [0.2, 0.25) is 0 Å². The van der Waals surface area contributed by atoms with Crippen LogP contribution in [0, 0.1) is 0 Å². The van der Waals surface area contributed by atoms with E-state index >= 15 is 0 Å². The van der Waals surface area contributed by atoms with Gasteiger partial charge in [0.25, 0.3) is 0 Å². The first-order valence-corrected chi connectivity index (χ1v) is 12.1. The Morgan fingerprint density at radius 3 is 2.50 bits per heavy atom. The van der Waals surface area contributed by atoms with E-state index in [1.807, 2.05) is 79.7 Å². The van der Waals surface area contributed by atoms with Gasteiger partial charge in [0.05, 0.1) is 25.4 Å². The molecule has 3 aromatic rings. The molecule has 0 radical (unpaired) electrons. The molecule has 5 rings (SSSR count). The number of halogens is 1. The van der Waals surface area contributed by atoms with Crippen molar-refractivity contribution in [2.24, 2.45) is 0 Å². The van der Waals surface area contributed by atoms with Crippen LogP contribution in [-0.4, -0.2) is 36.6 Å². The molecular weight excluding hydrogens is 452 g/mol. The molecule has 0 aliphatic carbocycles. The van der Waals surface area contributed by atoms with E-state index in [1.165, 1.54) is 0 Å². The number of hydrogen-bond acceptors (Lipinski definition) is 5. The molecule has 2 aliphatic rings. The van der Waals surface area contributed by atoms with Crippen molar-refractivity contribution in [2.75, 3.05) is 13.2 Å². The molecule has 2 aliphatic heterocycles. The second-order valence-corrected chi connectivity index (χ2v) is 9.16. The number of fused-ring (bicyclic) bond motifs is 1. The SMILES string of the molecule is CCOc1ccc(Cc2cc(C3OC4COC(c5ccccc5)OC4CC3O)ccc2Cl)cc1. The lowest BCUT2D eigenvalue weighted by Gasteiger charge is -2.44. The number of benzene rings is 3. The Hall–Kier alpha value is -2.41. The molecule has 0 spiro atoms. The number of ether oxygens (including phenoxy) is 4. The van der Waals surface area contributed by atoms with Gasteiger partial charge in [0, 0.05) is 17.0 Å². The highest BCUT2D eigenvalue weighted by atomic mass is 35.5. The standard InChI is InChI=1S/C28H29ClO5/c1-2-31-22-11-8-18(9-12-22)14-21-15-20(10-13-23(21)29)27-24(30)16-25-26(33-27)17-32-28(34-25)19-6-4-3-5-7-19/h3-13,15,24-28,30H,2,14,16-17H2,1H3. The highest BCUT2D eigenvalue weighted by Crippen LogP contribution is 2.39. The number of rotatable bonds is 6. The van der Waals surface area contributed by atoms with Gasteiger partial charge in [-0.25, -0.2) is 0 Å². The van der Waals surface area contributed by atoms with Crippen molar-refractivity contribution in [3.05, 3.63) is 100 Å². The molecule has 0 aromatic heterocycles. The highest BCUT2D eigenvalue weighted by Gasteiger charge is 2.43. The minimum Gasteiger partial charge on any atom is -0.494 e. The minimum atomic E-state index is -0.685. The number of aliphatic hydroxyl groups excluding tert-OH is 1. The highest BCUT2D eigenvalue weighted by molar-refractivity contribution is 6.31. The zero-order valence-corrected chi connectivity index (χ0v) is 19.9. The molecule has 0 amide bonds. The topological polar surface area (TPSA) is 57.2 Å². The molecule has 34 heavy (non-hydrogen) atoms. The minimum absolute atomic E-state index is 0.221. The van der Waals surface area contributed by atoms with Gasteiger partial charge in [0.15, 0.2) is 6.29 Å². The van der Waals surface area contributed by atoms with Crippen molar-refractivity contribution in [3.8, 4) is 5.75 Å². The monoisotopic (exact) mass is 480 g/mol. The summed E-state index contributed by atoms with van der Waals surface area (Å²) in [6, 6.07) is 23.7. The maximum Gasteiger partial charge on any atom is 0.184 e. The molecule has 2 saturated heterocycles. The van der Waals surface area contributed by atoms with Crippen molar-refractivity contribution in [1.29, 1.82) is 0 Å². The Labute approximate surface area is 205 Å². The molecule has 2 heterocycles. The van der Waals surface area contributed by atoms with Gasteiger partial charge in [-0.3, -0.25) is 0 Å². The lowest BCUT2D eigenvalue weighted by molar-refractivity contribution is -0.303. The average Bonchev–Trinajstić information content (AvgIpc) is 2.86. The van der Waals surface area contributed by atoms with Crippen molar-refractivity contribution in [1.82, 2.24) is 0 Å². The summed E-state index contributed by atoms with van der Waals surface area (Å²) in [6.45, 7) is 3.03. The smallest absolute Gasteiger partial charge is 0.184 e. The van der Waals surface area contributed by atoms with Gasteiger partial charge in [-0.05, 0) is 48.2 Å². The first kappa shape index (κ1) is 23.3. The van der Waals surface area contributed by atoms with E-state index < -0.39 is 18.5 Å². The quantitative estimate of drug-likeness (QED) is 0.495. The summed E-state index contributed by atoms with van der Waals surface area (Å²) >= 11 is 6.52. The third kappa shape index (κ3) is 5.14. The van der Waals surface area contributed by atoms with Crippen LogP contribution < -0.4 is 4.74 Å². The Kier molecular flexibility index (Phi) is 7.18. The summed E-state index contributed by atoms with van der Waals surface area (Å²) in [5, 5.41) is 11.6. The predicted molar refractivity (Wildman–Crippen MR) is 130 cm³/mol. The second kappa shape index (κ2) is 10.5. The van der Waals surface area contributed by atoms with Crippen molar-refractivity contribution in [3.63, 3.8) is 0 Å². The number of aliphatic hydroxyl groups is 1. The summed E-state index contributed by atoms with van der Waals surface area (Å²) in [4.78, 5) is 0. The van der Waals surface area contributed by atoms with Crippen LogP contribution in [0.25, 0.3) is 0 Å². The maximum absolute atomic E-state index is 11.0. The Balaban J connectivity index is 1.28. The molecule has 0 bridgehead atoms. The van der Waals surface area contributed by atoms with Crippen LogP contribution in [0.3, 0.4) is 0 Å². The van der Waals surface area contributed by atoms with Crippen molar-refractivity contribution < 1.29 is 24.1 Å². The van der Waals surface area contributed by atoms with Gasteiger partial charge in [-0.1, -0.05) is 66.2 Å². The third-order valence-electron chi connectivity index (χ3n) is 6.37. The molecule has 0 saturated carbocycles. The van der Waals surface area contributed by atoms with E-state index in [9.17, 15) is 5.11 Å². The molecule has 2 fully saturated rings. The fourth-order valence-corrected chi connectivity index (χ4v) is 4.82. The third-order valence-corrected chi connectivity index (χ3v) is 6.74. The lowest BCUT2D eigenvalue weighted by atomic mass is 9.91. The molecule has 6 heteroatoms. The largest absolute Gasteiger partial charge is 0.494 e. The zero-order valence-electron chi connectivity index (χ0n) is 19.1. The molecule has 5 nitrogen and oxygen atoms in total. The second-order valence-electron chi connectivity index (χ2n) is 8.75. The lowest BCUT2D eigenvalue weighted by Crippen LogP contribution is -2.50. The van der Waals surface area contributed by atoms with Crippen molar-refractivity contribution in [2.45, 2.75) is 50.5 Å². The van der Waals surface area contributed by atoms with Gasteiger partial charge in [0.1, 0.15) is 18.0 Å². The Morgan fingerprint density at radius 1 is 0.941 bits per heavy atom. The predicted octanol–water partition coefficient (Wildman–Crippen LogP) is 5.63. The molecule has 5 atom stereocenters. The van der Waals surface area contributed by atoms with E-state index in [0.29, 0.717) is 31.1 Å². The van der Waals surface area contributed by atoms with Crippen LogP contribution in [0.15, 0.2) is 72.8 Å². The first-order valence-electron chi connectivity index (χ1n) is 11.8. The van der Waals surface area contributed by atoms with Crippen LogP contribution in [0.1, 0.15) is 48.0 Å². The Bertz CT molecular complexity index is 1090. The van der Waals surface area contributed by atoms with E-state index in [1.54, 1.807) is 0 Å². The molecule has 1 N–H and O–H groups in total. The Morgan fingerprint density at radius 2 is 1.74 bits per heavy atom. The summed E-state index contributed by atoms with van der Waals surface area (Å²) in [5.41, 5.74) is 3.99. The number of hydrogen-bond donors (Lipinski definition) is 1. The van der Waals surface area contributed by atoms with Gasteiger partial charge >= 0.3 is 0 Å². The van der Waals surface area contributed by atoms with Crippen LogP contribution in [-0.2, 0) is 20.6 Å². The first-order chi connectivity index (χ1) is 16.6. The van der Waals surface area contributed by atoms with Crippen LogP contribution in [0.2, 0.25) is 5.02 Å². The fraction of sp³-hybridized carbons (Fsp3) is 0.357. The van der Waals surface area contributed by atoms with E-state index in [0.717, 1.165) is 28.0 Å². The maximum atomic E-state index is 11.0. The normalized spacial score (nSPS) is 26.6. The van der Waals surface area contributed by atoms with E-state index in [2.05, 4.69) is 0 Å². The van der Waals surface area contributed by atoms with Crippen LogP contribution in [0.4, 0.5) is 0 Å². The van der Waals surface area contributed by atoms with Gasteiger partial charge in [-0.15, -0.1) is 0 Å². The summed E-state index contributed by atoms with van der Waals surface area (Å²) in [7, 11) is 0. The van der Waals surface area contributed by atoms with Gasteiger partial charge in [-0.2, -0.15) is 0 Å². The van der Waals surface area contributed by atoms with E-state index in [4.69, 9.17) is 30.5 Å². The van der Waals surface area contributed by atoms with Crippen LogP contribution in [0.5, 0.6) is 5.75 Å². The summed E-state index contributed by atoms with van der Waals surface area (Å²) in [6.07, 6.45) is -0.878. The molecule has 178 valence electrons. The fourth-order valence-electron chi connectivity index (χ4n) is 4.63. The molecular formula is C28H29ClO5. The summed E-state index contributed by atoms with van der Waals surface area (Å²) in [5.74, 6) is 0.853. The van der Waals surface area contributed by atoms with Crippen LogP contribution >= 0.6 is 11.6 Å². The van der Waals surface area contributed by atoms with E-state index in [-0.39, 0.29) is 12.2 Å². The van der Waals surface area contributed by atoms with Crippen molar-refractivity contribution >= 4 is 11.6 Å². The molecule has 5 unspecified atom stereocenters. The average molecular weight is 481 g/mol. The molecule has 3 aromatic carbocycles. The van der Waals surface area contributed by atoms with Gasteiger partial charge < -0.3 is 24.1 Å². The summed E-state index contributed by atoms with van der Waals surface area (Å²) < 4.78 is 23.9.